The van der Waals surface area contributed by atoms with Gasteiger partial charge in [-0.15, -0.1) is 0 Å². The molecule has 3 rings (SSSR count). The number of hydrogen-bond acceptors (Lipinski definition) is 7. The number of para-hydroxylation sites is 1. The number of H-pyrrole nitrogens is 1. The standard InChI is InChI=1S/C20H27N7O/c1-14-12-18(25-24-14)21-17-13-19(27(4)11-10-26(2)3)23-20(22-17)15-8-6-7-9-16(15)28-5/h6-9,12-13H,10-11H2,1-5H3,(H2,21,22,23,24,25). The molecular weight excluding hydrogens is 354 g/mol. The van der Waals surface area contributed by atoms with Gasteiger partial charge in [0.2, 0.25) is 0 Å². The van der Waals surface area contributed by atoms with Gasteiger partial charge in [-0.05, 0) is 33.2 Å². The Morgan fingerprint density at radius 3 is 2.50 bits per heavy atom. The number of nitrogens with one attached hydrogen (secondary N) is 2. The van der Waals surface area contributed by atoms with Crippen LogP contribution in [0.1, 0.15) is 5.69 Å². The molecule has 0 bridgehead atoms. The van der Waals surface area contributed by atoms with E-state index in [0.29, 0.717) is 17.5 Å². The fraction of sp³-hybridized carbons (Fsp3) is 0.350. The zero-order chi connectivity index (χ0) is 20.1. The Balaban J connectivity index is 2.00. The summed E-state index contributed by atoms with van der Waals surface area (Å²) in [6, 6.07) is 11.6. The zero-order valence-electron chi connectivity index (χ0n) is 17.0. The lowest BCUT2D eigenvalue weighted by molar-refractivity contribution is 0.415. The highest BCUT2D eigenvalue weighted by Crippen LogP contribution is 2.30. The third-order valence-corrected chi connectivity index (χ3v) is 4.30. The van der Waals surface area contributed by atoms with Gasteiger partial charge in [-0.2, -0.15) is 5.10 Å². The number of aromatic nitrogens is 4. The monoisotopic (exact) mass is 381 g/mol. The minimum atomic E-state index is 0.599. The summed E-state index contributed by atoms with van der Waals surface area (Å²) in [5.41, 5.74) is 1.82. The number of aromatic amines is 1. The predicted octanol–water partition coefficient (Wildman–Crippen LogP) is 2.93. The normalized spacial score (nSPS) is 10.9. The maximum Gasteiger partial charge on any atom is 0.167 e. The van der Waals surface area contributed by atoms with E-state index in [-0.39, 0.29) is 0 Å². The fourth-order valence-corrected chi connectivity index (χ4v) is 2.72. The number of nitrogens with zero attached hydrogens (tertiary/aromatic N) is 5. The van der Waals surface area contributed by atoms with Crippen molar-refractivity contribution in [1.82, 2.24) is 25.1 Å². The van der Waals surface area contributed by atoms with E-state index in [1.807, 2.05) is 50.4 Å². The molecule has 3 aromatic rings. The molecule has 8 heteroatoms. The number of methoxy groups -OCH3 is 1. The van der Waals surface area contributed by atoms with Crippen molar-refractivity contribution in [3.05, 3.63) is 42.1 Å². The molecule has 0 unspecified atom stereocenters. The van der Waals surface area contributed by atoms with Gasteiger partial charge in [-0.3, -0.25) is 5.10 Å². The van der Waals surface area contributed by atoms with Gasteiger partial charge in [0.25, 0.3) is 0 Å². The summed E-state index contributed by atoms with van der Waals surface area (Å²) in [4.78, 5) is 13.7. The molecule has 1 aromatic carbocycles. The Hall–Kier alpha value is -3.13. The first-order valence-corrected chi connectivity index (χ1v) is 9.13. The van der Waals surface area contributed by atoms with Crippen LogP contribution < -0.4 is 15.0 Å². The number of ether oxygens (including phenoxy) is 1. The van der Waals surface area contributed by atoms with Crippen LogP contribution in [0.5, 0.6) is 5.75 Å². The van der Waals surface area contributed by atoms with Crippen LogP contribution in [0.2, 0.25) is 0 Å². The molecule has 28 heavy (non-hydrogen) atoms. The molecule has 148 valence electrons. The van der Waals surface area contributed by atoms with Crippen molar-refractivity contribution in [2.45, 2.75) is 6.92 Å². The van der Waals surface area contributed by atoms with Crippen LogP contribution in [0, 0.1) is 6.92 Å². The second-order valence-electron chi connectivity index (χ2n) is 6.92. The molecule has 0 fully saturated rings. The highest BCUT2D eigenvalue weighted by Gasteiger charge is 2.14. The summed E-state index contributed by atoms with van der Waals surface area (Å²) < 4.78 is 5.50. The second-order valence-corrected chi connectivity index (χ2v) is 6.92. The largest absolute Gasteiger partial charge is 0.496 e. The second kappa shape index (κ2) is 8.71. The van der Waals surface area contributed by atoms with Gasteiger partial charge in [0.05, 0.1) is 12.7 Å². The van der Waals surface area contributed by atoms with Gasteiger partial charge in [0, 0.05) is 38.0 Å². The van der Waals surface area contributed by atoms with Crippen LogP contribution in [0.4, 0.5) is 17.5 Å². The average molecular weight is 381 g/mol. The van der Waals surface area contributed by atoms with Crippen LogP contribution in [0.3, 0.4) is 0 Å². The van der Waals surface area contributed by atoms with Crippen LogP contribution in [0.15, 0.2) is 36.4 Å². The van der Waals surface area contributed by atoms with Gasteiger partial charge in [-0.1, -0.05) is 12.1 Å². The van der Waals surface area contributed by atoms with Gasteiger partial charge < -0.3 is 19.9 Å². The van der Waals surface area contributed by atoms with Gasteiger partial charge in [0.1, 0.15) is 17.4 Å². The third-order valence-electron chi connectivity index (χ3n) is 4.30. The number of aryl methyl sites for hydroxylation is 1. The lowest BCUT2D eigenvalue weighted by Gasteiger charge is -2.22. The molecule has 0 amide bonds. The molecule has 8 nitrogen and oxygen atoms in total. The molecular formula is C20H27N7O. The highest BCUT2D eigenvalue weighted by atomic mass is 16.5. The molecule has 0 saturated heterocycles. The Labute approximate surface area is 165 Å². The first kappa shape index (κ1) is 19.6. The van der Waals surface area contributed by atoms with E-state index in [9.17, 15) is 0 Å². The van der Waals surface area contributed by atoms with Crippen molar-refractivity contribution in [2.24, 2.45) is 0 Å². The Bertz CT molecular complexity index is 922. The minimum Gasteiger partial charge on any atom is -0.496 e. The van der Waals surface area contributed by atoms with E-state index in [1.54, 1.807) is 7.11 Å². The number of likely N-dealkylation sites (N-methyl/N-ethyl adjacent to an activating group) is 2. The van der Waals surface area contributed by atoms with Crippen LogP contribution in [0.25, 0.3) is 11.4 Å². The SMILES string of the molecule is COc1ccccc1-c1nc(Nc2cc(C)[nH]n2)cc(N(C)CCN(C)C)n1. The van der Waals surface area contributed by atoms with Gasteiger partial charge in [-0.25, -0.2) is 9.97 Å². The van der Waals surface area contributed by atoms with Gasteiger partial charge >= 0.3 is 0 Å². The van der Waals surface area contributed by atoms with Crippen LogP contribution >= 0.6 is 0 Å². The lowest BCUT2D eigenvalue weighted by Crippen LogP contribution is -2.29. The van der Waals surface area contributed by atoms with E-state index < -0.39 is 0 Å². The Morgan fingerprint density at radius 1 is 1.04 bits per heavy atom. The Kier molecular flexibility index (Phi) is 6.10. The predicted molar refractivity (Wildman–Crippen MR) is 112 cm³/mol. The fourth-order valence-electron chi connectivity index (χ4n) is 2.72. The first-order chi connectivity index (χ1) is 13.5. The van der Waals surface area contributed by atoms with Crippen molar-refractivity contribution in [2.75, 3.05) is 51.6 Å². The van der Waals surface area contributed by atoms with Crippen molar-refractivity contribution >= 4 is 17.5 Å². The summed E-state index contributed by atoms with van der Waals surface area (Å²) in [7, 11) is 7.79. The number of hydrogen-bond donors (Lipinski definition) is 2. The number of benzene rings is 1. The highest BCUT2D eigenvalue weighted by molar-refractivity contribution is 5.69. The lowest BCUT2D eigenvalue weighted by atomic mass is 10.2. The summed E-state index contributed by atoms with van der Waals surface area (Å²) in [5.74, 6) is 3.55. The van der Waals surface area contributed by atoms with E-state index in [4.69, 9.17) is 14.7 Å². The van der Waals surface area contributed by atoms with Crippen molar-refractivity contribution in [3.8, 4) is 17.1 Å². The average Bonchev–Trinajstić information content (AvgIpc) is 3.10. The van der Waals surface area contributed by atoms with Crippen molar-refractivity contribution in [3.63, 3.8) is 0 Å². The topological polar surface area (TPSA) is 82.2 Å². The van der Waals surface area contributed by atoms with E-state index in [1.165, 1.54) is 0 Å². The van der Waals surface area contributed by atoms with E-state index in [0.717, 1.165) is 35.9 Å². The molecule has 2 heterocycles. The summed E-state index contributed by atoms with van der Waals surface area (Å²) in [5, 5.41) is 10.4. The molecule has 0 atom stereocenters. The summed E-state index contributed by atoms with van der Waals surface area (Å²) in [6.45, 7) is 3.72. The van der Waals surface area contributed by atoms with Crippen LogP contribution in [-0.4, -0.2) is 66.4 Å². The smallest absolute Gasteiger partial charge is 0.167 e. The number of anilines is 3. The van der Waals surface area contributed by atoms with Gasteiger partial charge in [0.15, 0.2) is 11.6 Å². The molecule has 0 spiro atoms. The van der Waals surface area contributed by atoms with E-state index >= 15 is 0 Å². The molecule has 0 aliphatic rings. The quantitative estimate of drug-likeness (QED) is 0.621. The molecule has 2 aromatic heterocycles. The molecule has 0 radical (unpaired) electrons. The van der Waals surface area contributed by atoms with Crippen LogP contribution in [-0.2, 0) is 0 Å². The minimum absolute atomic E-state index is 0.599. The maximum absolute atomic E-state index is 5.50. The zero-order valence-corrected chi connectivity index (χ0v) is 17.0. The molecule has 0 aliphatic carbocycles. The maximum atomic E-state index is 5.50. The van der Waals surface area contributed by atoms with Crippen molar-refractivity contribution in [1.29, 1.82) is 0 Å². The third kappa shape index (κ3) is 4.77. The van der Waals surface area contributed by atoms with E-state index in [2.05, 4.69) is 39.4 Å². The molecule has 2 N–H and O–H groups in total. The van der Waals surface area contributed by atoms with Crippen molar-refractivity contribution < 1.29 is 4.74 Å². The first-order valence-electron chi connectivity index (χ1n) is 9.13. The molecule has 0 aliphatic heterocycles. The summed E-state index contributed by atoms with van der Waals surface area (Å²) >= 11 is 0. The summed E-state index contributed by atoms with van der Waals surface area (Å²) in [6.07, 6.45) is 0. The number of rotatable bonds is 8. The Morgan fingerprint density at radius 2 is 1.82 bits per heavy atom. The molecule has 0 saturated carbocycles.